The van der Waals surface area contributed by atoms with E-state index in [-0.39, 0.29) is 0 Å². The van der Waals surface area contributed by atoms with Crippen LogP contribution in [0.25, 0.3) is 0 Å². The maximum absolute atomic E-state index is 11.6. The molecule has 0 amide bonds. The van der Waals surface area contributed by atoms with Gasteiger partial charge >= 0.3 is 5.97 Å². The van der Waals surface area contributed by atoms with Crippen molar-refractivity contribution >= 4 is 21.9 Å². The Kier molecular flexibility index (Phi) is 3.94. The third kappa shape index (κ3) is 2.87. The van der Waals surface area contributed by atoms with Crippen molar-refractivity contribution in [2.24, 2.45) is 0 Å². The molecule has 1 aromatic carbocycles. The minimum atomic E-state index is -0.435. The second kappa shape index (κ2) is 5.64. The van der Waals surface area contributed by atoms with Crippen LogP contribution >= 0.6 is 15.9 Å². The van der Waals surface area contributed by atoms with Crippen molar-refractivity contribution in [1.82, 2.24) is 4.98 Å². The minimum absolute atomic E-state index is 0.378. The molecule has 0 fully saturated rings. The summed E-state index contributed by atoms with van der Waals surface area (Å²) in [6.45, 7) is 0. The Balaban J connectivity index is 2.28. The van der Waals surface area contributed by atoms with Gasteiger partial charge in [-0.3, -0.25) is 0 Å². The first-order valence-electron chi connectivity index (χ1n) is 5.17. The predicted octanol–water partition coefficient (Wildman–Crippen LogP) is 3.42. The Labute approximate surface area is 113 Å². The zero-order chi connectivity index (χ0) is 13.0. The summed E-state index contributed by atoms with van der Waals surface area (Å²) in [4.78, 5) is 15.6. The number of hydrogen-bond donors (Lipinski definition) is 0. The highest BCUT2D eigenvalue weighted by molar-refractivity contribution is 9.10. The van der Waals surface area contributed by atoms with E-state index in [4.69, 9.17) is 9.47 Å². The fraction of sp³-hybridized carbons (Fsp3) is 0.0769. The molecule has 1 heterocycles. The highest BCUT2D eigenvalue weighted by atomic mass is 79.9. The SMILES string of the molecule is COC(=O)c1ccccc1Oc1ccc(Br)nc1. The van der Waals surface area contributed by atoms with Gasteiger partial charge in [-0.15, -0.1) is 0 Å². The van der Waals surface area contributed by atoms with Gasteiger partial charge in [-0.2, -0.15) is 0 Å². The summed E-state index contributed by atoms with van der Waals surface area (Å²) in [5.41, 5.74) is 0.378. The molecule has 18 heavy (non-hydrogen) atoms. The molecule has 5 heteroatoms. The van der Waals surface area contributed by atoms with E-state index in [9.17, 15) is 4.79 Å². The zero-order valence-electron chi connectivity index (χ0n) is 9.59. The topological polar surface area (TPSA) is 48.4 Å². The summed E-state index contributed by atoms with van der Waals surface area (Å²) in [5.74, 6) is 0.554. The van der Waals surface area contributed by atoms with Crippen LogP contribution in [-0.2, 0) is 4.74 Å². The fourth-order valence-electron chi connectivity index (χ4n) is 1.38. The standard InChI is InChI=1S/C13H10BrNO3/c1-17-13(16)10-4-2-3-5-11(10)18-9-6-7-12(14)15-8-9/h2-8H,1H3. The molecule has 4 nitrogen and oxygen atoms in total. The molecule has 0 atom stereocenters. The van der Waals surface area contributed by atoms with E-state index in [1.165, 1.54) is 7.11 Å². The molecule has 0 aliphatic carbocycles. The number of nitrogens with zero attached hydrogens (tertiary/aromatic N) is 1. The Hall–Kier alpha value is -1.88. The molecule has 0 aliphatic heterocycles. The number of rotatable bonds is 3. The number of hydrogen-bond acceptors (Lipinski definition) is 4. The molecule has 0 saturated heterocycles. The van der Waals surface area contributed by atoms with Gasteiger partial charge in [0.1, 0.15) is 21.7 Å². The normalized spacial score (nSPS) is 9.89. The van der Waals surface area contributed by atoms with Crippen LogP contribution in [0, 0.1) is 0 Å². The van der Waals surface area contributed by atoms with E-state index in [1.807, 2.05) is 0 Å². The van der Waals surface area contributed by atoms with Crippen LogP contribution in [0.4, 0.5) is 0 Å². The molecule has 0 N–H and O–H groups in total. The first-order valence-corrected chi connectivity index (χ1v) is 5.97. The highest BCUT2D eigenvalue weighted by Crippen LogP contribution is 2.25. The lowest BCUT2D eigenvalue weighted by Gasteiger charge is -2.09. The van der Waals surface area contributed by atoms with Crippen molar-refractivity contribution < 1.29 is 14.3 Å². The van der Waals surface area contributed by atoms with Crippen molar-refractivity contribution in [3.05, 3.63) is 52.8 Å². The maximum Gasteiger partial charge on any atom is 0.341 e. The Bertz CT molecular complexity index is 554. The molecule has 0 saturated carbocycles. The quantitative estimate of drug-likeness (QED) is 0.644. The monoisotopic (exact) mass is 307 g/mol. The van der Waals surface area contributed by atoms with Crippen LogP contribution in [-0.4, -0.2) is 18.1 Å². The van der Waals surface area contributed by atoms with Crippen LogP contribution in [0.2, 0.25) is 0 Å². The number of carbonyl (C=O) groups is 1. The van der Waals surface area contributed by atoms with Crippen LogP contribution in [0.15, 0.2) is 47.2 Å². The molecule has 0 unspecified atom stereocenters. The van der Waals surface area contributed by atoms with Gasteiger partial charge in [-0.25, -0.2) is 9.78 Å². The smallest absolute Gasteiger partial charge is 0.341 e. The van der Waals surface area contributed by atoms with Gasteiger partial charge in [0.25, 0.3) is 0 Å². The van der Waals surface area contributed by atoms with E-state index in [0.717, 1.165) is 4.60 Å². The third-order valence-electron chi connectivity index (χ3n) is 2.22. The van der Waals surface area contributed by atoms with E-state index >= 15 is 0 Å². The first kappa shape index (κ1) is 12.6. The molecular formula is C13H10BrNO3. The fourth-order valence-corrected chi connectivity index (χ4v) is 1.62. The molecule has 2 rings (SSSR count). The van der Waals surface area contributed by atoms with Crippen LogP contribution < -0.4 is 4.74 Å². The van der Waals surface area contributed by atoms with E-state index < -0.39 is 5.97 Å². The van der Waals surface area contributed by atoms with E-state index in [1.54, 1.807) is 42.6 Å². The predicted molar refractivity (Wildman–Crippen MR) is 69.8 cm³/mol. The largest absolute Gasteiger partial charge is 0.465 e. The lowest BCUT2D eigenvalue weighted by atomic mass is 10.2. The number of benzene rings is 1. The minimum Gasteiger partial charge on any atom is -0.465 e. The molecule has 0 spiro atoms. The van der Waals surface area contributed by atoms with Crippen molar-refractivity contribution in [2.45, 2.75) is 0 Å². The molecule has 92 valence electrons. The number of ether oxygens (including phenoxy) is 2. The Morgan fingerprint density at radius 1 is 1.22 bits per heavy atom. The average Bonchev–Trinajstić information content (AvgIpc) is 2.41. The van der Waals surface area contributed by atoms with Crippen LogP contribution in [0.3, 0.4) is 0 Å². The molecule has 0 bridgehead atoms. The summed E-state index contributed by atoms with van der Waals surface area (Å²) in [6, 6.07) is 10.4. The van der Waals surface area contributed by atoms with Crippen molar-refractivity contribution in [1.29, 1.82) is 0 Å². The summed E-state index contributed by atoms with van der Waals surface area (Å²) < 4.78 is 11.0. The number of para-hydroxylation sites is 1. The van der Waals surface area contributed by atoms with Gasteiger partial charge in [0.15, 0.2) is 0 Å². The van der Waals surface area contributed by atoms with Crippen LogP contribution in [0.1, 0.15) is 10.4 Å². The summed E-state index contributed by atoms with van der Waals surface area (Å²) in [6.07, 6.45) is 1.57. The first-order chi connectivity index (χ1) is 8.70. The number of carbonyl (C=O) groups excluding carboxylic acids is 1. The number of halogens is 1. The zero-order valence-corrected chi connectivity index (χ0v) is 11.2. The van der Waals surface area contributed by atoms with Crippen molar-refractivity contribution in [3.8, 4) is 11.5 Å². The van der Waals surface area contributed by atoms with Crippen molar-refractivity contribution in [2.75, 3.05) is 7.11 Å². The lowest BCUT2D eigenvalue weighted by molar-refractivity contribution is 0.0598. The van der Waals surface area contributed by atoms with Crippen LogP contribution in [0.5, 0.6) is 11.5 Å². The highest BCUT2D eigenvalue weighted by Gasteiger charge is 2.12. The Morgan fingerprint density at radius 2 is 2.00 bits per heavy atom. The van der Waals surface area contributed by atoms with Gasteiger partial charge in [0.05, 0.1) is 13.3 Å². The second-order valence-corrected chi connectivity index (χ2v) is 4.22. The van der Waals surface area contributed by atoms with Gasteiger partial charge < -0.3 is 9.47 Å². The molecule has 2 aromatic rings. The van der Waals surface area contributed by atoms with Crippen molar-refractivity contribution in [3.63, 3.8) is 0 Å². The third-order valence-corrected chi connectivity index (χ3v) is 2.69. The Morgan fingerprint density at radius 3 is 2.67 bits per heavy atom. The van der Waals surface area contributed by atoms with Gasteiger partial charge in [-0.05, 0) is 40.2 Å². The van der Waals surface area contributed by atoms with Gasteiger partial charge in [0, 0.05) is 0 Å². The molecule has 0 radical (unpaired) electrons. The lowest BCUT2D eigenvalue weighted by Crippen LogP contribution is -2.03. The van der Waals surface area contributed by atoms with E-state index in [0.29, 0.717) is 17.1 Å². The number of pyridine rings is 1. The van der Waals surface area contributed by atoms with E-state index in [2.05, 4.69) is 20.9 Å². The summed E-state index contributed by atoms with van der Waals surface area (Å²) in [7, 11) is 1.33. The molecular weight excluding hydrogens is 298 g/mol. The van der Waals surface area contributed by atoms with Gasteiger partial charge in [-0.1, -0.05) is 12.1 Å². The number of esters is 1. The number of methoxy groups -OCH3 is 1. The maximum atomic E-state index is 11.6. The second-order valence-electron chi connectivity index (χ2n) is 3.41. The summed E-state index contributed by atoms with van der Waals surface area (Å²) >= 11 is 3.24. The number of aromatic nitrogens is 1. The van der Waals surface area contributed by atoms with Gasteiger partial charge in [0.2, 0.25) is 0 Å². The molecule has 0 aliphatic rings. The average molecular weight is 308 g/mol. The summed E-state index contributed by atoms with van der Waals surface area (Å²) in [5, 5.41) is 0. The molecule has 1 aromatic heterocycles.